The van der Waals surface area contributed by atoms with Gasteiger partial charge in [-0.15, -0.1) is 5.10 Å². The smallest absolute Gasteiger partial charge is 0.229 e. The van der Waals surface area contributed by atoms with Crippen LogP contribution in [0.3, 0.4) is 0 Å². The summed E-state index contributed by atoms with van der Waals surface area (Å²) in [5.41, 5.74) is 0.357. The predicted molar refractivity (Wildman–Crippen MR) is 187 cm³/mol. The molecule has 286 valence electrons. The first-order valence-electron chi connectivity index (χ1n) is 19.3. The van der Waals surface area contributed by atoms with E-state index in [1.807, 2.05) is 0 Å². The molecule has 5 aliphatic carbocycles. The van der Waals surface area contributed by atoms with Crippen LogP contribution >= 0.6 is 0 Å². The Balaban J connectivity index is 1.16. The Morgan fingerprint density at radius 2 is 1.63 bits per heavy atom. The van der Waals surface area contributed by atoms with E-state index in [4.69, 9.17) is 4.74 Å². The number of hydrogen-bond acceptors (Lipinski definition) is 10. The minimum Gasteiger partial charge on any atom is -0.394 e. The molecule has 7 N–H and O–H groups in total. The average Bonchev–Trinajstić information content (AvgIpc) is 3.53. The van der Waals surface area contributed by atoms with Crippen molar-refractivity contribution in [3.63, 3.8) is 0 Å². The normalized spacial score (nSPS) is 48.7. The molecule has 2 heterocycles. The molecule has 14 atom stereocenters. The Hall–Kier alpha value is -1.93. The molecule has 1 aromatic heterocycles. The van der Waals surface area contributed by atoms with Crippen LogP contribution in [-0.4, -0.2) is 94.8 Å². The summed E-state index contributed by atoms with van der Waals surface area (Å²) in [7, 11) is 0. The van der Waals surface area contributed by atoms with Gasteiger partial charge in [0, 0.05) is 0 Å². The highest BCUT2D eigenvalue weighted by molar-refractivity contribution is 5.85. The van der Waals surface area contributed by atoms with Crippen molar-refractivity contribution in [2.75, 3.05) is 6.61 Å². The first-order chi connectivity index (χ1) is 23.8. The van der Waals surface area contributed by atoms with Gasteiger partial charge in [0.05, 0.1) is 37.0 Å². The zero-order chi connectivity index (χ0) is 37.1. The summed E-state index contributed by atoms with van der Waals surface area (Å²) >= 11 is 0. The summed E-state index contributed by atoms with van der Waals surface area (Å²) in [6.07, 6.45) is 3.64. The van der Waals surface area contributed by atoms with Crippen LogP contribution in [0.15, 0.2) is 17.8 Å². The third-order valence-electron chi connectivity index (χ3n) is 16.2. The van der Waals surface area contributed by atoms with E-state index < -0.39 is 48.8 Å². The monoisotopic (exact) mass is 714 g/mol. The molecule has 12 nitrogen and oxygen atoms in total. The van der Waals surface area contributed by atoms with Crippen molar-refractivity contribution in [2.24, 2.45) is 50.2 Å². The van der Waals surface area contributed by atoms with Crippen molar-refractivity contribution in [1.29, 1.82) is 0 Å². The summed E-state index contributed by atoms with van der Waals surface area (Å²) in [6.45, 7) is 15.9. The van der Waals surface area contributed by atoms with Gasteiger partial charge in [-0.1, -0.05) is 65.3 Å². The number of aliphatic hydroxyl groups is 6. The number of carbonyl (C=O) groups excluding carboxylic acids is 1. The lowest BCUT2D eigenvalue weighted by Gasteiger charge is -2.71. The number of ether oxygens (including phenoxy) is 1. The molecule has 6 aliphatic rings. The highest BCUT2D eigenvalue weighted by atomic mass is 16.6. The average molecular weight is 715 g/mol. The largest absolute Gasteiger partial charge is 0.394 e. The fourth-order valence-electron chi connectivity index (χ4n) is 12.9. The van der Waals surface area contributed by atoms with E-state index in [1.54, 1.807) is 0 Å². The van der Waals surface area contributed by atoms with Gasteiger partial charge >= 0.3 is 0 Å². The minimum absolute atomic E-state index is 0.00623. The van der Waals surface area contributed by atoms with Crippen LogP contribution in [0.5, 0.6) is 0 Å². The second kappa shape index (κ2) is 12.3. The molecule has 51 heavy (non-hydrogen) atoms. The Morgan fingerprint density at radius 1 is 0.902 bits per heavy atom. The summed E-state index contributed by atoms with van der Waals surface area (Å²) in [6, 6.07) is 0. The molecule has 1 amide bonds. The third kappa shape index (κ3) is 5.28. The van der Waals surface area contributed by atoms with Crippen LogP contribution in [0, 0.1) is 50.2 Å². The quantitative estimate of drug-likeness (QED) is 0.223. The van der Waals surface area contributed by atoms with E-state index in [-0.39, 0.29) is 51.5 Å². The molecule has 1 aliphatic heterocycles. The predicted octanol–water partition coefficient (Wildman–Crippen LogP) is 3.00. The van der Waals surface area contributed by atoms with Crippen molar-refractivity contribution < 1.29 is 40.2 Å². The second-order valence-corrected chi connectivity index (χ2v) is 19.4. The van der Waals surface area contributed by atoms with Gasteiger partial charge in [0.15, 0.2) is 6.23 Å². The first kappa shape index (κ1) is 37.4. The molecule has 0 radical (unpaired) electrons. The molecule has 4 saturated carbocycles. The molecule has 0 aromatic carbocycles. The Bertz CT molecular complexity index is 1540. The summed E-state index contributed by atoms with van der Waals surface area (Å²) in [4.78, 5) is 14.6. The number of carbonyl (C=O) groups is 1. The molecular formula is C39H62N4O8. The van der Waals surface area contributed by atoms with Crippen LogP contribution in [0.4, 0.5) is 0 Å². The number of hydrogen-bond donors (Lipinski definition) is 7. The lowest BCUT2D eigenvalue weighted by Crippen LogP contribution is -2.68. The topological polar surface area (TPSA) is 190 Å². The number of nitrogens with one attached hydrogen (secondary N) is 1. The number of aromatic nitrogens is 3. The highest BCUT2D eigenvalue weighted by Crippen LogP contribution is 2.75. The molecular weight excluding hydrogens is 652 g/mol. The van der Waals surface area contributed by atoms with E-state index in [0.29, 0.717) is 30.4 Å². The second-order valence-electron chi connectivity index (χ2n) is 19.4. The van der Waals surface area contributed by atoms with Gasteiger partial charge in [-0.2, -0.15) is 0 Å². The first-order valence-corrected chi connectivity index (χ1v) is 19.3. The van der Waals surface area contributed by atoms with E-state index >= 15 is 0 Å². The maximum Gasteiger partial charge on any atom is 0.229 e. The van der Waals surface area contributed by atoms with Crippen molar-refractivity contribution in [3.05, 3.63) is 23.5 Å². The van der Waals surface area contributed by atoms with Gasteiger partial charge in [0.25, 0.3) is 0 Å². The summed E-state index contributed by atoms with van der Waals surface area (Å²) < 4.78 is 6.85. The van der Waals surface area contributed by atoms with Crippen LogP contribution < -0.4 is 5.32 Å². The lowest BCUT2D eigenvalue weighted by molar-refractivity contribution is -0.254. The zero-order valence-electron chi connectivity index (χ0n) is 31.5. The number of amides is 1. The summed E-state index contributed by atoms with van der Waals surface area (Å²) in [5, 5.41) is 75.5. The number of aliphatic hydroxyl groups excluding tert-OH is 6. The number of fused-ring (bicyclic) bond motifs is 7. The molecule has 3 unspecified atom stereocenters. The molecule has 1 saturated heterocycles. The maximum absolute atomic E-state index is 14.6. The number of allylic oxidation sites excluding steroid dienone is 2. The van der Waals surface area contributed by atoms with Gasteiger partial charge in [-0.3, -0.25) is 4.79 Å². The Kier molecular flexibility index (Phi) is 9.01. The summed E-state index contributed by atoms with van der Waals surface area (Å²) in [5.74, 6) is 0.538. The van der Waals surface area contributed by atoms with Gasteiger partial charge < -0.3 is 40.7 Å². The van der Waals surface area contributed by atoms with E-state index in [1.165, 1.54) is 16.5 Å². The Labute approximate surface area is 302 Å². The van der Waals surface area contributed by atoms with Crippen LogP contribution in [-0.2, 0) is 16.1 Å². The Morgan fingerprint density at radius 3 is 2.33 bits per heavy atom. The molecule has 5 fully saturated rings. The third-order valence-corrected chi connectivity index (χ3v) is 16.2. The van der Waals surface area contributed by atoms with Crippen LogP contribution in [0.2, 0.25) is 0 Å². The zero-order valence-corrected chi connectivity index (χ0v) is 31.5. The van der Waals surface area contributed by atoms with Gasteiger partial charge in [0.1, 0.15) is 30.1 Å². The standard InChI is InChI=1S/C39H62N4O8/c1-34(2)14-15-39(33(50)40-18-21-19-43(42-41-21)32-31(49)30(48)29(47)24(20-44)51-32)23(16-34)22-8-9-26-36(5)12-11-27(45)35(3,4)25(36)10-13-37(26,6)38(22,7)17-28(39)46/h8,19,23-32,44-49H,9-18,20H2,1-7H3,(H,40,50)/t23?,24-,25?,26?,27-,28+,29+,30+,31-,32-,36-,37+,38+,39+/m0/s1. The van der Waals surface area contributed by atoms with Gasteiger partial charge in [0.2, 0.25) is 5.91 Å². The lowest BCUT2D eigenvalue weighted by atomic mass is 9.33. The number of rotatable bonds is 5. The fraction of sp³-hybridized carbons (Fsp3) is 0.872. The van der Waals surface area contributed by atoms with Crippen molar-refractivity contribution in [3.8, 4) is 0 Å². The van der Waals surface area contributed by atoms with E-state index in [0.717, 1.165) is 44.9 Å². The van der Waals surface area contributed by atoms with Crippen molar-refractivity contribution >= 4 is 5.91 Å². The number of nitrogens with zero attached hydrogens (tertiary/aromatic N) is 3. The SMILES string of the molecule is CC1(C)CC[C@@]2(C(=O)NCc3cn([C@H]4O[C@@H](CO)[C@@H](O)[C@@H](O)[C@@H]4O)nn3)C(C1)C1=CCC3[C@@]4(C)CC[C@H](O)C(C)(C)C4CC[C@@]3(C)[C@]1(C)C[C@H]2O. The van der Waals surface area contributed by atoms with Gasteiger partial charge in [-0.05, 0) is 103 Å². The maximum atomic E-state index is 14.6. The fourth-order valence-corrected chi connectivity index (χ4v) is 12.9. The highest BCUT2D eigenvalue weighted by Gasteiger charge is 2.71. The van der Waals surface area contributed by atoms with Crippen LogP contribution in [0.25, 0.3) is 0 Å². The van der Waals surface area contributed by atoms with Crippen LogP contribution in [0.1, 0.15) is 118 Å². The molecule has 0 bridgehead atoms. The molecule has 12 heteroatoms. The molecule has 0 spiro atoms. The van der Waals surface area contributed by atoms with Crippen molar-refractivity contribution in [2.45, 2.75) is 156 Å². The van der Waals surface area contributed by atoms with Gasteiger partial charge in [-0.25, -0.2) is 4.68 Å². The van der Waals surface area contributed by atoms with E-state index in [2.05, 4.69) is 70.2 Å². The molecule has 1 aromatic rings. The van der Waals surface area contributed by atoms with E-state index in [9.17, 15) is 35.4 Å². The molecule has 7 rings (SSSR count). The minimum atomic E-state index is -1.55. The van der Waals surface area contributed by atoms with Crippen molar-refractivity contribution in [1.82, 2.24) is 20.3 Å².